The van der Waals surface area contributed by atoms with Crippen LogP contribution in [0.4, 0.5) is 0 Å². The summed E-state index contributed by atoms with van der Waals surface area (Å²) in [4.78, 5) is 0. The number of aliphatic hydroxyl groups excluding tert-OH is 1. The number of ether oxygens (including phenoxy) is 2. The molecule has 120 valence electrons. The van der Waals surface area contributed by atoms with Gasteiger partial charge in [-0.2, -0.15) is 0 Å². The van der Waals surface area contributed by atoms with Gasteiger partial charge in [-0.25, -0.2) is 0 Å². The first-order valence-corrected chi connectivity index (χ1v) is 11.4. The Balaban J connectivity index is 2.12. The Kier molecular flexibility index (Phi) is 5.50. The minimum Gasteiger partial charge on any atom is -0.467 e. The topological polar surface area (TPSA) is 38.7 Å². The van der Waals surface area contributed by atoms with Crippen molar-refractivity contribution in [2.45, 2.75) is 37.9 Å². The first-order chi connectivity index (χ1) is 10.3. The van der Waals surface area contributed by atoms with Crippen LogP contribution in [0.15, 0.2) is 36.4 Å². The highest BCUT2D eigenvalue weighted by Crippen LogP contribution is 2.29. The van der Waals surface area contributed by atoms with E-state index in [1.54, 1.807) is 6.07 Å². The average molecular weight is 339 g/mol. The molecule has 0 saturated carbocycles. The highest BCUT2D eigenvalue weighted by Gasteiger charge is 2.23. The third-order valence-corrected chi connectivity index (χ3v) is 6.75. The molecule has 0 aromatic heterocycles. The summed E-state index contributed by atoms with van der Waals surface area (Å²) in [6.07, 6.45) is 0. The lowest BCUT2D eigenvalue weighted by Crippen LogP contribution is -2.38. The molecule has 0 aliphatic rings. The molecule has 0 bridgehead atoms. The van der Waals surface area contributed by atoms with Crippen LogP contribution in [-0.4, -0.2) is 25.7 Å². The van der Waals surface area contributed by atoms with Gasteiger partial charge in [0.2, 0.25) is 0 Å². The number of rotatable bonds is 6. The second kappa shape index (κ2) is 7.00. The third kappa shape index (κ3) is 4.23. The van der Waals surface area contributed by atoms with Crippen LogP contribution in [0.25, 0.3) is 10.8 Å². The summed E-state index contributed by atoms with van der Waals surface area (Å²) in [5.74, 6) is 0.774. The van der Waals surface area contributed by atoms with E-state index in [4.69, 9.17) is 21.1 Å². The van der Waals surface area contributed by atoms with Crippen molar-refractivity contribution in [3.63, 3.8) is 0 Å². The highest BCUT2D eigenvalue weighted by molar-refractivity contribution is 6.77. The molecular weight excluding hydrogens is 316 g/mol. The molecule has 0 radical (unpaired) electrons. The van der Waals surface area contributed by atoms with Crippen molar-refractivity contribution < 1.29 is 14.6 Å². The summed E-state index contributed by atoms with van der Waals surface area (Å²) < 4.78 is 11.6. The van der Waals surface area contributed by atoms with E-state index in [0.29, 0.717) is 5.56 Å². The largest absolute Gasteiger partial charge is 0.467 e. The molecule has 0 fully saturated rings. The smallest absolute Gasteiger partial charge is 0.189 e. The Morgan fingerprint density at radius 2 is 1.91 bits per heavy atom. The maximum atomic E-state index is 9.45. The lowest BCUT2D eigenvalue weighted by molar-refractivity contribution is 0.00111. The number of hydrogen-bond donors (Lipinski definition) is 1. The predicted octanol–water partition coefficient (Wildman–Crippen LogP) is 4.69. The van der Waals surface area contributed by atoms with Crippen molar-refractivity contribution in [1.82, 2.24) is 0 Å². The van der Waals surface area contributed by atoms with Crippen LogP contribution in [0, 0.1) is 0 Å². The van der Waals surface area contributed by atoms with Gasteiger partial charge in [0.1, 0.15) is 5.75 Å². The van der Waals surface area contributed by atoms with Gasteiger partial charge in [0.15, 0.2) is 12.4 Å². The predicted molar refractivity (Wildman–Crippen MR) is 94.1 cm³/mol. The van der Waals surface area contributed by atoms with Gasteiger partial charge < -0.3 is 14.6 Å². The van der Waals surface area contributed by atoms with E-state index >= 15 is 0 Å². The van der Waals surface area contributed by atoms with Crippen LogP contribution >= 0.6 is 11.6 Å². The molecule has 5 heteroatoms. The van der Waals surface area contributed by atoms with Gasteiger partial charge in [-0.15, -0.1) is 0 Å². The lowest BCUT2D eigenvalue weighted by atomic mass is 10.1. The van der Waals surface area contributed by atoms with Gasteiger partial charge in [-0.1, -0.05) is 55.5 Å². The second-order valence-corrected chi connectivity index (χ2v) is 12.5. The van der Waals surface area contributed by atoms with E-state index in [2.05, 4.69) is 26.6 Å². The van der Waals surface area contributed by atoms with Crippen LogP contribution < -0.4 is 4.74 Å². The Labute approximate surface area is 137 Å². The molecular formula is C17H23ClO3Si. The van der Waals surface area contributed by atoms with Gasteiger partial charge in [0.05, 0.1) is 8.07 Å². The Morgan fingerprint density at radius 1 is 1.18 bits per heavy atom. The van der Waals surface area contributed by atoms with Gasteiger partial charge in [0, 0.05) is 11.1 Å². The molecule has 2 atom stereocenters. The Hall–Kier alpha value is -1.07. The minimum atomic E-state index is -1.32. The zero-order chi connectivity index (χ0) is 16.3. The van der Waals surface area contributed by atoms with E-state index in [0.717, 1.165) is 16.5 Å². The van der Waals surface area contributed by atoms with Gasteiger partial charge in [-0.3, -0.25) is 0 Å². The Bertz CT molecular complexity index is 637. The van der Waals surface area contributed by atoms with Crippen LogP contribution in [-0.2, 0) is 4.74 Å². The molecule has 0 aliphatic carbocycles. The van der Waals surface area contributed by atoms with Crippen molar-refractivity contribution in [2.24, 2.45) is 0 Å². The molecule has 3 nitrogen and oxygen atoms in total. The summed E-state index contributed by atoms with van der Waals surface area (Å²) in [5.41, 5.74) is -0.0784. The maximum absolute atomic E-state index is 9.45. The van der Waals surface area contributed by atoms with Crippen molar-refractivity contribution in [3.05, 3.63) is 42.0 Å². The molecule has 0 spiro atoms. The molecule has 2 aromatic carbocycles. The molecule has 2 rings (SSSR count). The number of benzene rings is 2. The van der Waals surface area contributed by atoms with E-state index in [1.165, 1.54) is 0 Å². The number of aliphatic hydroxyl groups is 1. The third-order valence-electron chi connectivity index (χ3n) is 3.89. The van der Waals surface area contributed by atoms with Gasteiger partial charge >= 0.3 is 0 Å². The summed E-state index contributed by atoms with van der Waals surface area (Å²) in [7, 11) is -1.32. The fraction of sp³-hybridized carbons (Fsp3) is 0.412. The molecule has 1 N–H and O–H groups in total. The van der Waals surface area contributed by atoms with Crippen LogP contribution in [0.2, 0.25) is 19.6 Å². The molecule has 2 aromatic rings. The molecule has 0 amide bonds. The average Bonchev–Trinajstić information content (AvgIpc) is 2.45. The zero-order valence-electron chi connectivity index (χ0n) is 13.5. The zero-order valence-corrected chi connectivity index (χ0v) is 15.2. The van der Waals surface area contributed by atoms with E-state index in [9.17, 15) is 5.11 Å². The summed E-state index contributed by atoms with van der Waals surface area (Å²) in [6.45, 7) is 9.16. The van der Waals surface area contributed by atoms with E-state index in [-0.39, 0.29) is 12.5 Å². The first kappa shape index (κ1) is 17.3. The Morgan fingerprint density at radius 3 is 2.55 bits per heavy atom. The second-order valence-electron chi connectivity index (χ2n) is 6.51. The fourth-order valence-electron chi connectivity index (χ4n) is 2.00. The quantitative estimate of drug-likeness (QED) is 0.472. The minimum absolute atomic E-state index is 0.237. The molecule has 22 heavy (non-hydrogen) atoms. The fourth-order valence-corrected chi connectivity index (χ4v) is 2.70. The van der Waals surface area contributed by atoms with Gasteiger partial charge in [-0.05, 0) is 30.0 Å². The maximum Gasteiger partial charge on any atom is 0.189 e. The summed E-state index contributed by atoms with van der Waals surface area (Å²) >= 11 is 5.71. The lowest BCUT2D eigenvalue weighted by Gasteiger charge is -2.25. The number of halogens is 1. The van der Waals surface area contributed by atoms with Crippen LogP contribution in [0.5, 0.6) is 5.75 Å². The van der Waals surface area contributed by atoms with Crippen molar-refractivity contribution in [1.29, 1.82) is 0 Å². The number of hydrogen-bond acceptors (Lipinski definition) is 3. The summed E-state index contributed by atoms with van der Waals surface area (Å²) in [6, 6.07) is 11.4. The SMILES string of the molecule is CC(OCOc1cccc2cc(C(O)Cl)ccc12)[Si](C)(C)C. The highest BCUT2D eigenvalue weighted by atomic mass is 35.5. The van der Waals surface area contributed by atoms with E-state index in [1.807, 2.05) is 30.3 Å². The van der Waals surface area contributed by atoms with Crippen molar-refractivity contribution in [3.8, 4) is 5.75 Å². The molecule has 0 aliphatic heterocycles. The van der Waals surface area contributed by atoms with Crippen molar-refractivity contribution >= 4 is 30.4 Å². The molecule has 2 unspecified atom stereocenters. The normalized spacial score (nSPS) is 14.8. The van der Waals surface area contributed by atoms with Crippen molar-refractivity contribution in [2.75, 3.05) is 6.79 Å². The molecule has 0 saturated heterocycles. The van der Waals surface area contributed by atoms with E-state index < -0.39 is 13.6 Å². The first-order valence-electron chi connectivity index (χ1n) is 7.38. The number of fused-ring (bicyclic) bond motifs is 1. The van der Waals surface area contributed by atoms with Crippen LogP contribution in [0.1, 0.15) is 18.1 Å². The summed E-state index contributed by atoms with van der Waals surface area (Å²) in [5, 5.41) is 11.4. The molecule has 0 heterocycles. The standard InChI is InChI=1S/C17H23ClO3Si/c1-12(22(2,3)4)20-11-21-16-7-5-6-13-10-14(17(18)19)8-9-15(13)16/h5-10,12,17,19H,11H2,1-4H3. The monoisotopic (exact) mass is 338 g/mol. The van der Waals surface area contributed by atoms with Gasteiger partial charge in [0.25, 0.3) is 0 Å². The number of alkyl halides is 1. The van der Waals surface area contributed by atoms with Crippen LogP contribution in [0.3, 0.4) is 0 Å².